The Balaban J connectivity index is 2.31. The van der Waals surface area contributed by atoms with Crippen LogP contribution in [0.5, 0.6) is 0 Å². The molecule has 0 saturated heterocycles. The molecule has 0 fully saturated rings. The highest BCUT2D eigenvalue weighted by Gasteiger charge is 2.11. The molecule has 0 aliphatic rings. The predicted octanol–water partition coefficient (Wildman–Crippen LogP) is 5.12. The first-order valence-electron chi connectivity index (χ1n) is 8.18. The summed E-state index contributed by atoms with van der Waals surface area (Å²) >= 11 is 6.19. The van der Waals surface area contributed by atoms with Gasteiger partial charge in [-0.25, -0.2) is 4.98 Å². The van der Waals surface area contributed by atoms with Crippen LogP contribution in [-0.4, -0.2) is 23.1 Å². The van der Waals surface area contributed by atoms with Gasteiger partial charge < -0.3 is 10.2 Å². The second-order valence-electron chi connectivity index (χ2n) is 5.72. The third kappa shape index (κ3) is 4.58. The zero-order valence-electron chi connectivity index (χ0n) is 14.4. The monoisotopic (exact) mass is 332 g/mol. The van der Waals surface area contributed by atoms with Crippen molar-refractivity contribution in [2.75, 3.05) is 23.3 Å². The molecule has 1 heterocycles. The molecule has 1 N–H and O–H groups in total. The number of rotatable bonds is 7. The maximum Gasteiger partial charge on any atom is 0.227 e. The fourth-order valence-corrected chi connectivity index (χ4v) is 2.67. The van der Waals surface area contributed by atoms with Crippen LogP contribution >= 0.6 is 11.6 Å². The number of benzene rings is 1. The number of hydrogen-bond donors (Lipinski definition) is 1. The number of nitrogens with one attached hydrogen (secondary N) is 1. The summed E-state index contributed by atoms with van der Waals surface area (Å²) in [5, 5.41) is 4.12. The van der Waals surface area contributed by atoms with E-state index in [2.05, 4.69) is 29.0 Å². The molecule has 2 rings (SSSR count). The van der Waals surface area contributed by atoms with Gasteiger partial charge in [0, 0.05) is 35.6 Å². The minimum absolute atomic E-state index is 0.750. The Kier molecular flexibility index (Phi) is 6.22. The van der Waals surface area contributed by atoms with Crippen molar-refractivity contribution in [2.45, 2.75) is 40.5 Å². The van der Waals surface area contributed by atoms with E-state index in [4.69, 9.17) is 16.6 Å². The number of halogens is 1. The van der Waals surface area contributed by atoms with E-state index < -0.39 is 0 Å². The van der Waals surface area contributed by atoms with E-state index >= 15 is 0 Å². The molecule has 5 heteroatoms. The molecule has 0 radical (unpaired) electrons. The minimum atomic E-state index is 0.750. The second kappa shape index (κ2) is 8.16. The number of hydrogen-bond acceptors (Lipinski definition) is 4. The lowest BCUT2D eigenvalue weighted by Gasteiger charge is -2.22. The Morgan fingerprint density at radius 2 is 1.78 bits per heavy atom. The lowest BCUT2D eigenvalue weighted by molar-refractivity contribution is 0.720. The summed E-state index contributed by atoms with van der Waals surface area (Å²) < 4.78 is 0. The van der Waals surface area contributed by atoms with Gasteiger partial charge in [0.1, 0.15) is 5.82 Å². The molecular weight excluding hydrogens is 308 g/mol. The molecule has 0 amide bonds. The third-order valence-electron chi connectivity index (χ3n) is 3.64. The van der Waals surface area contributed by atoms with Crippen LogP contribution in [0.4, 0.5) is 17.5 Å². The van der Waals surface area contributed by atoms with Gasteiger partial charge in [-0.1, -0.05) is 31.5 Å². The topological polar surface area (TPSA) is 41.1 Å². The van der Waals surface area contributed by atoms with E-state index in [0.29, 0.717) is 0 Å². The Morgan fingerprint density at radius 1 is 1.09 bits per heavy atom. The molecule has 0 spiro atoms. The first kappa shape index (κ1) is 17.5. The summed E-state index contributed by atoms with van der Waals surface area (Å²) in [5.41, 5.74) is 2.94. The molecule has 0 bridgehead atoms. The molecule has 4 nitrogen and oxygen atoms in total. The molecule has 1 aromatic carbocycles. The quantitative estimate of drug-likeness (QED) is 0.764. The normalized spacial score (nSPS) is 10.7. The predicted molar refractivity (Wildman–Crippen MR) is 99.0 cm³/mol. The highest BCUT2D eigenvalue weighted by atomic mass is 35.5. The Labute approximate surface area is 143 Å². The molecule has 2 aromatic rings. The summed E-state index contributed by atoms with van der Waals surface area (Å²) in [6, 6.07) is 7.80. The summed E-state index contributed by atoms with van der Waals surface area (Å²) in [4.78, 5) is 11.5. The Bertz CT molecular complexity index is 651. The van der Waals surface area contributed by atoms with E-state index in [1.165, 1.54) is 0 Å². The Hall–Kier alpha value is -1.81. The number of nitrogens with zero attached hydrogens (tertiary/aromatic N) is 3. The van der Waals surface area contributed by atoms with Crippen molar-refractivity contribution in [1.29, 1.82) is 0 Å². The number of anilines is 3. The molecule has 1 aromatic heterocycles. The highest BCUT2D eigenvalue weighted by molar-refractivity contribution is 6.31. The Morgan fingerprint density at radius 3 is 2.43 bits per heavy atom. The molecule has 0 atom stereocenters. The van der Waals surface area contributed by atoms with E-state index in [0.717, 1.165) is 59.7 Å². The first-order valence-corrected chi connectivity index (χ1v) is 8.55. The molecule has 0 aliphatic carbocycles. The molecule has 0 aliphatic heterocycles. The van der Waals surface area contributed by atoms with Gasteiger partial charge in [0.15, 0.2) is 0 Å². The average Bonchev–Trinajstić information content (AvgIpc) is 2.51. The lowest BCUT2D eigenvalue weighted by Crippen LogP contribution is -2.27. The van der Waals surface area contributed by atoms with Gasteiger partial charge in [-0.05, 0) is 44.4 Å². The van der Waals surface area contributed by atoms with Crippen molar-refractivity contribution in [3.05, 3.63) is 40.5 Å². The average molecular weight is 333 g/mol. The molecule has 0 saturated carbocycles. The van der Waals surface area contributed by atoms with Gasteiger partial charge >= 0.3 is 0 Å². The van der Waals surface area contributed by atoms with Gasteiger partial charge in [-0.2, -0.15) is 4.98 Å². The number of aryl methyl sites for hydroxylation is 1. The number of aromatic nitrogens is 2. The van der Waals surface area contributed by atoms with Gasteiger partial charge in [0.25, 0.3) is 0 Å². The van der Waals surface area contributed by atoms with E-state index in [1.54, 1.807) is 0 Å². The molecule has 23 heavy (non-hydrogen) atoms. The van der Waals surface area contributed by atoms with Crippen molar-refractivity contribution in [1.82, 2.24) is 9.97 Å². The maximum atomic E-state index is 6.19. The van der Waals surface area contributed by atoms with Crippen LogP contribution in [0.1, 0.15) is 37.9 Å². The highest BCUT2D eigenvalue weighted by Crippen LogP contribution is 2.26. The van der Waals surface area contributed by atoms with Crippen molar-refractivity contribution < 1.29 is 0 Å². The van der Waals surface area contributed by atoms with Gasteiger partial charge in [-0.3, -0.25) is 0 Å². The smallest absolute Gasteiger partial charge is 0.227 e. The fraction of sp³-hybridized carbons (Fsp3) is 0.444. The zero-order valence-corrected chi connectivity index (χ0v) is 15.1. The zero-order chi connectivity index (χ0) is 16.8. The van der Waals surface area contributed by atoms with Gasteiger partial charge in [-0.15, -0.1) is 0 Å². The van der Waals surface area contributed by atoms with Crippen LogP contribution < -0.4 is 10.2 Å². The molecular formula is C18H25ClN4. The van der Waals surface area contributed by atoms with E-state index in [9.17, 15) is 0 Å². The summed E-state index contributed by atoms with van der Waals surface area (Å²) in [6.45, 7) is 10.3. The summed E-state index contributed by atoms with van der Waals surface area (Å²) in [5.74, 6) is 1.59. The molecule has 124 valence electrons. The molecule has 0 unspecified atom stereocenters. The van der Waals surface area contributed by atoms with Crippen LogP contribution in [0.15, 0.2) is 24.3 Å². The van der Waals surface area contributed by atoms with Crippen LogP contribution in [0.3, 0.4) is 0 Å². The van der Waals surface area contributed by atoms with Crippen LogP contribution in [-0.2, 0) is 0 Å². The van der Waals surface area contributed by atoms with Crippen LogP contribution in [0, 0.1) is 13.8 Å². The summed E-state index contributed by atoms with van der Waals surface area (Å²) in [7, 11) is 0. The SMILES string of the molecule is CCCN(CCC)c1nc(C)cc(Nc2cccc(Cl)c2C)n1. The maximum absolute atomic E-state index is 6.19. The minimum Gasteiger partial charge on any atom is -0.341 e. The van der Waals surface area contributed by atoms with Crippen molar-refractivity contribution in [3.63, 3.8) is 0 Å². The van der Waals surface area contributed by atoms with Crippen LogP contribution in [0.25, 0.3) is 0 Å². The van der Waals surface area contributed by atoms with Crippen LogP contribution in [0.2, 0.25) is 5.02 Å². The third-order valence-corrected chi connectivity index (χ3v) is 4.05. The van der Waals surface area contributed by atoms with Crippen molar-refractivity contribution in [2.24, 2.45) is 0 Å². The van der Waals surface area contributed by atoms with Gasteiger partial charge in [0.05, 0.1) is 0 Å². The summed E-state index contributed by atoms with van der Waals surface area (Å²) in [6.07, 6.45) is 2.15. The van der Waals surface area contributed by atoms with Crippen molar-refractivity contribution >= 4 is 29.1 Å². The van der Waals surface area contributed by atoms with Gasteiger partial charge in [0.2, 0.25) is 5.95 Å². The largest absolute Gasteiger partial charge is 0.341 e. The lowest BCUT2D eigenvalue weighted by atomic mass is 10.2. The first-order chi connectivity index (χ1) is 11.0. The fourth-order valence-electron chi connectivity index (χ4n) is 2.49. The van der Waals surface area contributed by atoms with Crippen molar-refractivity contribution in [3.8, 4) is 0 Å². The van der Waals surface area contributed by atoms with E-state index in [1.807, 2.05) is 38.1 Å². The second-order valence-corrected chi connectivity index (χ2v) is 6.13. The standard InChI is InChI=1S/C18H25ClN4/c1-5-10-23(11-6-2)18-20-13(3)12-17(22-18)21-16-9-7-8-15(19)14(16)4/h7-9,12H,5-6,10-11H2,1-4H3,(H,20,21,22). The van der Waals surface area contributed by atoms with E-state index in [-0.39, 0.29) is 0 Å².